The third-order valence-corrected chi connectivity index (χ3v) is 2.62. The van der Waals surface area contributed by atoms with Crippen LogP contribution in [0.25, 0.3) is 0 Å². The Morgan fingerprint density at radius 3 is 2.18 bits per heavy atom. The van der Waals surface area contributed by atoms with E-state index in [1.165, 1.54) is 25.7 Å². The quantitative estimate of drug-likeness (QED) is 0.610. The second-order valence-corrected chi connectivity index (χ2v) is 3.75. The highest BCUT2D eigenvalue weighted by Gasteiger charge is 2.41. The summed E-state index contributed by atoms with van der Waals surface area (Å²) in [5.41, 5.74) is 3.19. The van der Waals surface area contributed by atoms with Crippen molar-refractivity contribution in [2.24, 2.45) is 11.8 Å². The molecule has 0 aromatic carbocycles. The van der Waals surface area contributed by atoms with Gasteiger partial charge in [0.05, 0.1) is 6.61 Å². The Hall–Kier alpha value is -0.0800. The molecule has 0 bridgehead atoms. The molecule has 0 heterocycles. The van der Waals surface area contributed by atoms with Crippen LogP contribution in [0.5, 0.6) is 0 Å². The molecule has 2 aliphatic rings. The molecule has 1 N–H and O–H groups in total. The van der Waals surface area contributed by atoms with Gasteiger partial charge in [-0.3, -0.25) is 0 Å². The van der Waals surface area contributed by atoms with Crippen LogP contribution in [-0.2, 0) is 4.84 Å². The van der Waals surface area contributed by atoms with Crippen LogP contribution in [0.2, 0.25) is 0 Å². The van der Waals surface area contributed by atoms with Crippen LogP contribution < -0.4 is 5.48 Å². The summed E-state index contributed by atoms with van der Waals surface area (Å²) in [5.74, 6) is 1.88. The average Bonchev–Trinajstić information content (AvgIpc) is 2.85. The minimum absolute atomic E-state index is 0.690. The van der Waals surface area contributed by atoms with Gasteiger partial charge in [0.25, 0.3) is 0 Å². The van der Waals surface area contributed by atoms with Crippen LogP contribution in [-0.4, -0.2) is 12.6 Å². The molecule has 0 amide bonds. The van der Waals surface area contributed by atoms with Crippen molar-refractivity contribution in [3.63, 3.8) is 0 Å². The Labute approximate surface area is 68.3 Å². The Morgan fingerprint density at radius 1 is 1.27 bits per heavy atom. The lowest BCUT2D eigenvalue weighted by atomic mass is 10.1. The molecular weight excluding hydrogens is 138 g/mol. The van der Waals surface area contributed by atoms with Crippen molar-refractivity contribution in [1.82, 2.24) is 5.48 Å². The lowest BCUT2D eigenvalue weighted by Crippen LogP contribution is -2.33. The van der Waals surface area contributed by atoms with Gasteiger partial charge < -0.3 is 4.84 Å². The fourth-order valence-electron chi connectivity index (χ4n) is 1.67. The summed E-state index contributed by atoms with van der Waals surface area (Å²) < 4.78 is 0. The number of rotatable bonds is 5. The highest BCUT2D eigenvalue weighted by Crippen LogP contribution is 2.44. The first kappa shape index (κ1) is 7.56. The van der Waals surface area contributed by atoms with Crippen molar-refractivity contribution < 1.29 is 4.84 Å². The normalized spacial score (nSPS) is 24.5. The molecule has 0 aliphatic heterocycles. The zero-order valence-electron chi connectivity index (χ0n) is 7.18. The van der Waals surface area contributed by atoms with Gasteiger partial charge in [0.1, 0.15) is 0 Å². The van der Waals surface area contributed by atoms with Crippen molar-refractivity contribution >= 4 is 0 Å². The van der Waals surface area contributed by atoms with E-state index in [-0.39, 0.29) is 0 Å². The number of hydroxylamine groups is 1. The van der Waals surface area contributed by atoms with E-state index in [1.807, 2.05) is 6.92 Å². The summed E-state index contributed by atoms with van der Waals surface area (Å²) in [6.45, 7) is 2.82. The molecule has 2 saturated carbocycles. The van der Waals surface area contributed by atoms with Gasteiger partial charge in [0.15, 0.2) is 0 Å². The van der Waals surface area contributed by atoms with Gasteiger partial charge in [-0.2, -0.15) is 5.48 Å². The molecule has 2 fully saturated rings. The zero-order valence-corrected chi connectivity index (χ0v) is 7.18. The van der Waals surface area contributed by atoms with Crippen molar-refractivity contribution in [3.8, 4) is 0 Å². The molecule has 0 radical (unpaired) electrons. The van der Waals surface area contributed by atoms with Crippen molar-refractivity contribution in [3.05, 3.63) is 0 Å². The molecular formula is C9H17NO. The van der Waals surface area contributed by atoms with Gasteiger partial charge in [-0.1, -0.05) is 0 Å². The van der Waals surface area contributed by atoms with E-state index in [0.717, 1.165) is 18.4 Å². The van der Waals surface area contributed by atoms with Gasteiger partial charge in [0, 0.05) is 6.04 Å². The second-order valence-electron chi connectivity index (χ2n) is 3.75. The van der Waals surface area contributed by atoms with Crippen LogP contribution in [0.3, 0.4) is 0 Å². The summed E-state index contributed by atoms with van der Waals surface area (Å²) >= 11 is 0. The average molecular weight is 155 g/mol. The predicted octanol–water partition coefficient (Wildman–Crippen LogP) is 1.72. The van der Waals surface area contributed by atoms with E-state index >= 15 is 0 Å². The Bertz CT molecular complexity index is 118. The first-order valence-electron chi connectivity index (χ1n) is 4.79. The summed E-state index contributed by atoms with van der Waals surface area (Å²) in [5, 5.41) is 0. The third kappa shape index (κ3) is 1.94. The smallest absolute Gasteiger partial charge is 0.0654 e. The van der Waals surface area contributed by atoms with E-state index in [9.17, 15) is 0 Å². The molecule has 2 aliphatic carbocycles. The molecule has 2 heteroatoms. The summed E-state index contributed by atoms with van der Waals surface area (Å²) in [6.07, 6.45) is 5.67. The van der Waals surface area contributed by atoms with Crippen LogP contribution in [0.4, 0.5) is 0 Å². The van der Waals surface area contributed by atoms with Crippen LogP contribution >= 0.6 is 0 Å². The Balaban J connectivity index is 1.73. The van der Waals surface area contributed by atoms with Gasteiger partial charge in [0.2, 0.25) is 0 Å². The fraction of sp³-hybridized carbons (Fsp3) is 1.00. The maximum atomic E-state index is 5.25. The molecule has 2 nitrogen and oxygen atoms in total. The van der Waals surface area contributed by atoms with Crippen LogP contribution in [0, 0.1) is 11.8 Å². The van der Waals surface area contributed by atoms with E-state index in [4.69, 9.17) is 4.84 Å². The standard InChI is InChI=1S/C9H17NO/c1-2-11-10-9(7-3-4-7)8-5-6-8/h7-10H,2-6H2,1H3. The van der Waals surface area contributed by atoms with E-state index in [1.54, 1.807) is 0 Å². The second kappa shape index (κ2) is 3.11. The minimum atomic E-state index is 0.690. The maximum Gasteiger partial charge on any atom is 0.0654 e. The molecule has 0 aromatic heterocycles. The summed E-state index contributed by atoms with van der Waals surface area (Å²) in [7, 11) is 0. The number of hydrogen-bond acceptors (Lipinski definition) is 2. The lowest BCUT2D eigenvalue weighted by molar-refractivity contribution is 0.0130. The molecule has 0 aromatic rings. The van der Waals surface area contributed by atoms with Gasteiger partial charge in [-0.25, -0.2) is 0 Å². The van der Waals surface area contributed by atoms with Crippen molar-refractivity contribution in [2.45, 2.75) is 38.6 Å². The van der Waals surface area contributed by atoms with Crippen LogP contribution in [0.15, 0.2) is 0 Å². The molecule has 0 unspecified atom stereocenters. The molecule has 2 rings (SSSR count). The van der Waals surface area contributed by atoms with Crippen molar-refractivity contribution in [1.29, 1.82) is 0 Å². The maximum absolute atomic E-state index is 5.25. The molecule has 0 spiro atoms. The third-order valence-electron chi connectivity index (χ3n) is 2.62. The Morgan fingerprint density at radius 2 is 1.82 bits per heavy atom. The first-order chi connectivity index (χ1) is 5.42. The SMILES string of the molecule is CCONC(C1CC1)C1CC1. The number of nitrogens with one attached hydrogen (secondary N) is 1. The number of hydrogen-bond donors (Lipinski definition) is 1. The zero-order chi connectivity index (χ0) is 7.68. The van der Waals surface area contributed by atoms with Crippen LogP contribution in [0.1, 0.15) is 32.6 Å². The van der Waals surface area contributed by atoms with E-state index in [0.29, 0.717) is 6.04 Å². The van der Waals surface area contributed by atoms with Gasteiger partial charge in [-0.15, -0.1) is 0 Å². The topological polar surface area (TPSA) is 21.3 Å². The van der Waals surface area contributed by atoms with Gasteiger partial charge in [-0.05, 0) is 44.4 Å². The molecule has 0 saturated heterocycles. The van der Waals surface area contributed by atoms with E-state index < -0.39 is 0 Å². The monoisotopic (exact) mass is 155 g/mol. The van der Waals surface area contributed by atoms with Crippen molar-refractivity contribution in [2.75, 3.05) is 6.61 Å². The Kier molecular flexibility index (Phi) is 2.14. The summed E-state index contributed by atoms with van der Waals surface area (Å²) in [4.78, 5) is 5.25. The molecule has 11 heavy (non-hydrogen) atoms. The molecule has 0 atom stereocenters. The largest absolute Gasteiger partial charge is 0.302 e. The minimum Gasteiger partial charge on any atom is -0.302 e. The molecule has 64 valence electrons. The first-order valence-corrected chi connectivity index (χ1v) is 4.79. The van der Waals surface area contributed by atoms with Gasteiger partial charge >= 0.3 is 0 Å². The van der Waals surface area contributed by atoms with E-state index in [2.05, 4.69) is 5.48 Å². The lowest BCUT2D eigenvalue weighted by Gasteiger charge is -2.15. The highest BCUT2D eigenvalue weighted by molar-refractivity contribution is 4.94. The fourth-order valence-corrected chi connectivity index (χ4v) is 1.67. The predicted molar refractivity (Wildman–Crippen MR) is 44.0 cm³/mol. The highest BCUT2D eigenvalue weighted by atomic mass is 16.6. The summed E-state index contributed by atoms with van der Waals surface area (Å²) in [6, 6.07) is 0.690.